The molecule has 2 aromatic rings. The molecule has 1 atom stereocenters. The lowest BCUT2D eigenvalue weighted by atomic mass is 9.93. The molecule has 0 saturated carbocycles. The summed E-state index contributed by atoms with van der Waals surface area (Å²) in [4.78, 5) is 12.6. The first-order valence-corrected chi connectivity index (χ1v) is 9.38. The Morgan fingerprint density at radius 2 is 2.19 bits per heavy atom. The number of rotatable bonds is 3. The number of aromatic nitrogens is 2. The van der Waals surface area contributed by atoms with Crippen LogP contribution in [0.4, 0.5) is 0 Å². The van der Waals surface area contributed by atoms with Crippen LogP contribution in [0, 0.1) is 0 Å². The Bertz CT molecular complexity index is 834. The summed E-state index contributed by atoms with van der Waals surface area (Å²) in [5.74, 6) is 1.16. The van der Waals surface area contributed by atoms with Crippen LogP contribution in [-0.4, -0.2) is 28.9 Å². The molecule has 2 heterocycles. The SMILES string of the molecule is Cn1ncc2c1CCCC2NC(=O)Cc1cc(Cl)c2c(c1)OCCCO2. The van der Waals surface area contributed by atoms with Gasteiger partial charge in [-0.15, -0.1) is 0 Å². The van der Waals surface area contributed by atoms with E-state index in [-0.39, 0.29) is 18.4 Å². The van der Waals surface area contributed by atoms with Gasteiger partial charge in [0.05, 0.1) is 36.9 Å². The van der Waals surface area contributed by atoms with Crippen LogP contribution in [0.15, 0.2) is 18.3 Å². The molecule has 0 fully saturated rings. The molecule has 0 radical (unpaired) electrons. The average molecular weight is 376 g/mol. The molecule has 26 heavy (non-hydrogen) atoms. The van der Waals surface area contributed by atoms with Crippen molar-refractivity contribution in [2.75, 3.05) is 13.2 Å². The standard InChI is InChI=1S/C19H22ClN3O3/c1-23-16-5-2-4-15(13(16)11-21-23)22-18(24)10-12-8-14(20)19-17(9-12)25-6-3-7-26-19/h8-9,11,15H,2-7,10H2,1H3,(H,22,24). The number of aryl methyl sites for hydroxylation is 1. The smallest absolute Gasteiger partial charge is 0.224 e. The summed E-state index contributed by atoms with van der Waals surface area (Å²) in [7, 11) is 1.95. The van der Waals surface area contributed by atoms with Gasteiger partial charge in [-0.1, -0.05) is 11.6 Å². The van der Waals surface area contributed by atoms with E-state index in [1.54, 1.807) is 6.07 Å². The number of amides is 1. The molecule has 1 aliphatic carbocycles. The van der Waals surface area contributed by atoms with Crippen molar-refractivity contribution in [3.8, 4) is 11.5 Å². The topological polar surface area (TPSA) is 65.4 Å². The highest BCUT2D eigenvalue weighted by Crippen LogP contribution is 2.38. The molecule has 6 nitrogen and oxygen atoms in total. The number of nitrogens with zero attached hydrogens (tertiary/aromatic N) is 2. The lowest BCUT2D eigenvalue weighted by Gasteiger charge is -2.24. The van der Waals surface area contributed by atoms with E-state index in [0.29, 0.717) is 29.7 Å². The lowest BCUT2D eigenvalue weighted by Crippen LogP contribution is -2.32. The number of halogens is 1. The van der Waals surface area contributed by atoms with E-state index in [1.165, 1.54) is 5.69 Å². The number of carbonyl (C=O) groups is 1. The third-order valence-electron chi connectivity index (χ3n) is 4.94. The molecule has 0 bridgehead atoms. The van der Waals surface area contributed by atoms with E-state index in [2.05, 4.69) is 10.4 Å². The zero-order valence-corrected chi connectivity index (χ0v) is 15.5. The second-order valence-corrected chi connectivity index (χ2v) is 7.22. The van der Waals surface area contributed by atoms with E-state index in [9.17, 15) is 4.79 Å². The van der Waals surface area contributed by atoms with Crippen molar-refractivity contribution in [3.05, 3.63) is 40.2 Å². The molecule has 1 N–H and O–H groups in total. The van der Waals surface area contributed by atoms with Crippen molar-refractivity contribution in [2.45, 2.75) is 38.1 Å². The van der Waals surface area contributed by atoms with E-state index < -0.39 is 0 Å². The summed E-state index contributed by atoms with van der Waals surface area (Å²) in [5.41, 5.74) is 3.16. The van der Waals surface area contributed by atoms with Gasteiger partial charge >= 0.3 is 0 Å². The minimum absolute atomic E-state index is 0.0239. The van der Waals surface area contributed by atoms with E-state index in [1.807, 2.05) is 24.0 Å². The number of benzene rings is 1. The molecule has 0 spiro atoms. The van der Waals surface area contributed by atoms with Crippen molar-refractivity contribution >= 4 is 17.5 Å². The van der Waals surface area contributed by atoms with Gasteiger partial charge < -0.3 is 14.8 Å². The molecule has 1 aromatic carbocycles. The highest BCUT2D eigenvalue weighted by Gasteiger charge is 2.25. The zero-order chi connectivity index (χ0) is 18.1. The lowest BCUT2D eigenvalue weighted by molar-refractivity contribution is -0.121. The average Bonchev–Trinajstić information content (AvgIpc) is 2.84. The summed E-state index contributed by atoms with van der Waals surface area (Å²) in [6.45, 7) is 1.17. The van der Waals surface area contributed by atoms with E-state index in [0.717, 1.165) is 36.8 Å². The van der Waals surface area contributed by atoms with Crippen molar-refractivity contribution < 1.29 is 14.3 Å². The van der Waals surface area contributed by atoms with Crippen LogP contribution in [0.2, 0.25) is 5.02 Å². The van der Waals surface area contributed by atoms with Gasteiger partial charge in [-0.2, -0.15) is 5.10 Å². The molecule has 138 valence electrons. The maximum atomic E-state index is 12.6. The van der Waals surface area contributed by atoms with Gasteiger partial charge in [0.25, 0.3) is 0 Å². The van der Waals surface area contributed by atoms with Crippen LogP contribution in [0.5, 0.6) is 11.5 Å². The minimum Gasteiger partial charge on any atom is -0.489 e. The maximum Gasteiger partial charge on any atom is 0.224 e. The molecule has 0 saturated heterocycles. The van der Waals surface area contributed by atoms with Crippen LogP contribution >= 0.6 is 11.6 Å². The van der Waals surface area contributed by atoms with Crippen molar-refractivity contribution in [2.24, 2.45) is 7.05 Å². The van der Waals surface area contributed by atoms with Crippen molar-refractivity contribution in [3.63, 3.8) is 0 Å². The molecule has 1 unspecified atom stereocenters. The summed E-state index contributed by atoms with van der Waals surface area (Å²) in [6.07, 6.45) is 5.93. The van der Waals surface area contributed by atoms with Gasteiger partial charge in [0.15, 0.2) is 11.5 Å². The Kier molecular flexibility index (Phi) is 4.76. The van der Waals surface area contributed by atoms with Crippen molar-refractivity contribution in [1.29, 1.82) is 0 Å². The van der Waals surface area contributed by atoms with Gasteiger partial charge in [-0.3, -0.25) is 9.48 Å². The monoisotopic (exact) mass is 375 g/mol. The molecule has 7 heteroatoms. The first-order valence-electron chi connectivity index (χ1n) is 9.00. The predicted molar refractivity (Wildman–Crippen MR) is 97.8 cm³/mol. The number of nitrogens with one attached hydrogen (secondary N) is 1. The van der Waals surface area contributed by atoms with Gasteiger partial charge in [0, 0.05) is 24.7 Å². The van der Waals surface area contributed by atoms with Gasteiger partial charge in [0.2, 0.25) is 5.91 Å². The molecular formula is C19H22ClN3O3. The molecule has 2 aliphatic rings. The molecular weight excluding hydrogens is 354 g/mol. The van der Waals surface area contributed by atoms with E-state index >= 15 is 0 Å². The van der Waals surface area contributed by atoms with Crippen LogP contribution in [0.1, 0.15) is 42.1 Å². The molecule has 1 aliphatic heterocycles. The minimum atomic E-state index is -0.0303. The maximum absolute atomic E-state index is 12.6. The largest absolute Gasteiger partial charge is 0.489 e. The molecule has 4 rings (SSSR count). The van der Waals surface area contributed by atoms with Crippen LogP contribution in [0.3, 0.4) is 0 Å². The van der Waals surface area contributed by atoms with Crippen LogP contribution < -0.4 is 14.8 Å². The first-order chi connectivity index (χ1) is 12.6. The summed E-state index contributed by atoms with van der Waals surface area (Å²) in [5, 5.41) is 7.95. The second-order valence-electron chi connectivity index (χ2n) is 6.81. The zero-order valence-electron chi connectivity index (χ0n) is 14.8. The Labute approximate surface area is 157 Å². The number of hydrogen-bond donors (Lipinski definition) is 1. The Hall–Kier alpha value is -2.21. The molecule has 1 amide bonds. The summed E-state index contributed by atoms with van der Waals surface area (Å²) >= 11 is 6.32. The number of carbonyl (C=O) groups excluding carboxylic acids is 1. The van der Waals surface area contributed by atoms with Crippen molar-refractivity contribution in [1.82, 2.24) is 15.1 Å². The number of fused-ring (bicyclic) bond motifs is 2. The highest BCUT2D eigenvalue weighted by atomic mass is 35.5. The van der Waals surface area contributed by atoms with Gasteiger partial charge in [-0.05, 0) is 37.0 Å². The quantitative estimate of drug-likeness (QED) is 0.895. The van der Waals surface area contributed by atoms with E-state index in [4.69, 9.17) is 21.1 Å². The van der Waals surface area contributed by atoms with Crippen LogP contribution in [-0.2, 0) is 24.7 Å². The number of ether oxygens (including phenoxy) is 2. The second kappa shape index (κ2) is 7.19. The predicted octanol–water partition coefficient (Wildman–Crippen LogP) is 2.97. The Morgan fingerprint density at radius 1 is 1.35 bits per heavy atom. The fraction of sp³-hybridized carbons (Fsp3) is 0.474. The van der Waals surface area contributed by atoms with Gasteiger partial charge in [-0.25, -0.2) is 0 Å². The fourth-order valence-electron chi connectivity index (χ4n) is 3.67. The van der Waals surface area contributed by atoms with Crippen LogP contribution in [0.25, 0.3) is 0 Å². The summed E-state index contributed by atoms with van der Waals surface area (Å²) in [6, 6.07) is 3.66. The first kappa shape index (κ1) is 17.2. The number of hydrogen-bond acceptors (Lipinski definition) is 4. The fourth-order valence-corrected chi connectivity index (χ4v) is 3.96. The highest BCUT2D eigenvalue weighted by molar-refractivity contribution is 6.32. The molecule has 1 aromatic heterocycles. The Morgan fingerprint density at radius 3 is 3.08 bits per heavy atom. The third-order valence-corrected chi connectivity index (χ3v) is 5.22. The summed E-state index contributed by atoms with van der Waals surface area (Å²) < 4.78 is 13.2. The normalized spacial score (nSPS) is 18.8. The Balaban J connectivity index is 1.47. The third kappa shape index (κ3) is 3.38. The van der Waals surface area contributed by atoms with Gasteiger partial charge in [0.1, 0.15) is 0 Å².